The first-order valence-electron chi connectivity index (χ1n) is 4.28. The average molecular weight is 203 g/mol. The Kier molecular flexibility index (Phi) is 3.38. The van der Waals surface area contributed by atoms with Crippen LogP contribution >= 0.6 is 0 Å². The second kappa shape index (κ2) is 4.35. The summed E-state index contributed by atoms with van der Waals surface area (Å²) in [5.41, 5.74) is 0. The molecule has 1 unspecified atom stereocenters. The summed E-state index contributed by atoms with van der Waals surface area (Å²) in [6.07, 6.45) is 0.504. The Morgan fingerprint density at radius 3 is 2.57 bits per heavy atom. The maximum atomic E-state index is 12.7. The molecule has 1 aromatic rings. The van der Waals surface area contributed by atoms with Crippen LogP contribution in [-0.4, -0.2) is 6.10 Å². The maximum absolute atomic E-state index is 12.7. The molecule has 0 saturated carbocycles. The van der Waals surface area contributed by atoms with Crippen LogP contribution in [0.3, 0.4) is 0 Å². The SMILES string of the molecule is CCC(C)Oc1[c]c(F)c(F)c(F)c1. The van der Waals surface area contributed by atoms with E-state index in [2.05, 4.69) is 0 Å². The van der Waals surface area contributed by atoms with Crippen molar-refractivity contribution in [3.05, 3.63) is 29.6 Å². The molecule has 77 valence electrons. The first-order chi connectivity index (χ1) is 6.54. The van der Waals surface area contributed by atoms with Crippen molar-refractivity contribution in [1.29, 1.82) is 0 Å². The summed E-state index contributed by atoms with van der Waals surface area (Å²) in [6, 6.07) is 2.76. The largest absolute Gasteiger partial charge is 0.490 e. The Labute approximate surface area is 80.5 Å². The van der Waals surface area contributed by atoms with Gasteiger partial charge in [0.25, 0.3) is 0 Å². The van der Waals surface area contributed by atoms with Crippen molar-refractivity contribution in [3.8, 4) is 5.75 Å². The molecule has 0 amide bonds. The van der Waals surface area contributed by atoms with E-state index in [1.165, 1.54) is 0 Å². The van der Waals surface area contributed by atoms with Crippen LogP contribution in [0, 0.1) is 23.5 Å². The zero-order valence-corrected chi connectivity index (χ0v) is 7.90. The highest BCUT2D eigenvalue weighted by molar-refractivity contribution is 5.23. The number of benzene rings is 1. The minimum absolute atomic E-state index is 0.115. The van der Waals surface area contributed by atoms with Crippen molar-refractivity contribution in [2.75, 3.05) is 0 Å². The zero-order valence-electron chi connectivity index (χ0n) is 7.90. The molecule has 0 aliphatic rings. The lowest BCUT2D eigenvalue weighted by Crippen LogP contribution is -2.10. The summed E-state index contributed by atoms with van der Waals surface area (Å²) >= 11 is 0. The van der Waals surface area contributed by atoms with Gasteiger partial charge in [-0.25, -0.2) is 13.2 Å². The minimum Gasteiger partial charge on any atom is -0.490 e. The highest BCUT2D eigenvalue weighted by Gasteiger charge is 2.12. The van der Waals surface area contributed by atoms with Gasteiger partial charge in [-0.1, -0.05) is 6.92 Å². The van der Waals surface area contributed by atoms with Gasteiger partial charge in [0, 0.05) is 6.07 Å². The normalized spacial score (nSPS) is 12.6. The van der Waals surface area contributed by atoms with Crippen molar-refractivity contribution in [2.45, 2.75) is 26.4 Å². The molecule has 0 aliphatic heterocycles. The van der Waals surface area contributed by atoms with Crippen molar-refractivity contribution in [2.24, 2.45) is 0 Å². The second-order valence-corrected chi connectivity index (χ2v) is 2.95. The first kappa shape index (κ1) is 10.9. The molecule has 14 heavy (non-hydrogen) atoms. The van der Waals surface area contributed by atoms with Gasteiger partial charge in [-0.05, 0) is 13.3 Å². The molecule has 1 atom stereocenters. The van der Waals surface area contributed by atoms with Crippen molar-refractivity contribution < 1.29 is 17.9 Å². The predicted molar refractivity (Wildman–Crippen MR) is 45.5 cm³/mol. The quantitative estimate of drug-likeness (QED) is 0.686. The van der Waals surface area contributed by atoms with Gasteiger partial charge in [-0.2, -0.15) is 0 Å². The van der Waals surface area contributed by atoms with Crippen LogP contribution in [0.25, 0.3) is 0 Å². The third-order valence-electron chi connectivity index (χ3n) is 1.80. The van der Waals surface area contributed by atoms with Crippen LogP contribution < -0.4 is 4.74 Å². The van der Waals surface area contributed by atoms with E-state index in [4.69, 9.17) is 4.74 Å². The van der Waals surface area contributed by atoms with Crippen LogP contribution in [0.1, 0.15) is 20.3 Å². The van der Waals surface area contributed by atoms with E-state index in [9.17, 15) is 13.2 Å². The number of rotatable bonds is 3. The number of hydrogen-bond acceptors (Lipinski definition) is 1. The fourth-order valence-corrected chi connectivity index (χ4v) is 0.846. The molecular formula is C10H10F3O. The first-order valence-corrected chi connectivity index (χ1v) is 4.28. The summed E-state index contributed by atoms with van der Waals surface area (Å²) in [6.45, 7) is 3.61. The molecule has 0 fully saturated rings. The number of halogens is 3. The smallest absolute Gasteiger partial charge is 0.195 e. The summed E-state index contributed by atoms with van der Waals surface area (Å²) in [5.74, 6) is -4.26. The van der Waals surface area contributed by atoms with Crippen LogP contribution in [0.15, 0.2) is 6.07 Å². The molecular weight excluding hydrogens is 193 g/mol. The van der Waals surface area contributed by atoms with E-state index in [0.717, 1.165) is 6.07 Å². The Morgan fingerprint density at radius 1 is 1.43 bits per heavy atom. The third-order valence-corrected chi connectivity index (χ3v) is 1.80. The molecule has 0 saturated heterocycles. The molecule has 0 N–H and O–H groups in total. The molecule has 1 aromatic carbocycles. The molecule has 0 spiro atoms. The van der Waals surface area contributed by atoms with Gasteiger partial charge in [-0.15, -0.1) is 0 Å². The fourth-order valence-electron chi connectivity index (χ4n) is 0.846. The monoisotopic (exact) mass is 203 g/mol. The van der Waals surface area contributed by atoms with Gasteiger partial charge in [0.2, 0.25) is 0 Å². The molecule has 0 aromatic heterocycles. The summed E-state index contributed by atoms with van der Waals surface area (Å²) in [7, 11) is 0. The molecule has 1 nitrogen and oxygen atoms in total. The van der Waals surface area contributed by atoms with E-state index in [0.29, 0.717) is 6.42 Å². The van der Waals surface area contributed by atoms with Crippen LogP contribution in [0.2, 0.25) is 0 Å². The third kappa shape index (κ3) is 2.40. The topological polar surface area (TPSA) is 9.23 Å². The fraction of sp³-hybridized carbons (Fsp3) is 0.400. The van der Waals surface area contributed by atoms with Gasteiger partial charge in [0.15, 0.2) is 17.5 Å². The highest BCUT2D eigenvalue weighted by Crippen LogP contribution is 2.19. The standard InChI is InChI=1S/C10H10F3O/c1-3-6(2)14-7-4-8(11)10(13)9(12)5-7/h4,6H,3H2,1-2H3. The van der Waals surface area contributed by atoms with E-state index >= 15 is 0 Å². The Balaban J connectivity index is 2.89. The van der Waals surface area contributed by atoms with Crippen LogP contribution in [-0.2, 0) is 0 Å². The lowest BCUT2D eigenvalue weighted by Gasteiger charge is -2.12. The second-order valence-electron chi connectivity index (χ2n) is 2.95. The van der Waals surface area contributed by atoms with Crippen molar-refractivity contribution in [1.82, 2.24) is 0 Å². The van der Waals surface area contributed by atoms with E-state index in [1.54, 1.807) is 6.92 Å². The van der Waals surface area contributed by atoms with Gasteiger partial charge >= 0.3 is 0 Å². The van der Waals surface area contributed by atoms with Gasteiger partial charge in [0.1, 0.15) is 5.75 Å². The molecule has 1 radical (unpaired) electrons. The molecule has 0 aliphatic carbocycles. The van der Waals surface area contributed by atoms with Gasteiger partial charge < -0.3 is 4.74 Å². The maximum Gasteiger partial charge on any atom is 0.195 e. The lowest BCUT2D eigenvalue weighted by atomic mass is 10.3. The number of hydrogen-bond donors (Lipinski definition) is 0. The van der Waals surface area contributed by atoms with Crippen molar-refractivity contribution in [3.63, 3.8) is 0 Å². The van der Waals surface area contributed by atoms with Gasteiger partial charge in [0.05, 0.1) is 12.2 Å². The average Bonchev–Trinajstić information content (AvgIpc) is 2.14. The summed E-state index contributed by atoms with van der Waals surface area (Å²) < 4.78 is 42.9. The molecule has 0 heterocycles. The van der Waals surface area contributed by atoms with E-state index in [-0.39, 0.29) is 11.9 Å². The molecule has 1 rings (SSSR count). The van der Waals surface area contributed by atoms with Crippen molar-refractivity contribution >= 4 is 0 Å². The predicted octanol–water partition coefficient (Wildman–Crippen LogP) is 3.08. The highest BCUT2D eigenvalue weighted by atomic mass is 19.2. The minimum atomic E-state index is -1.53. The zero-order chi connectivity index (χ0) is 10.7. The van der Waals surface area contributed by atoms with Crippen LogP contribution in [0.4, 0.5) is 13.2 Å². The Morgan fingerprint density at radius 2 is 2.07 bits per heavy atom. The lowest BCUT2D eigenvalue weighted by molar-refractivity contribution is 0.214. The Hall–Kier alpha value is -1.19. The Bertz CT molecular complexity index is 302. The van der Waals surface area contributed by atoms with Gasteiger partial charge in [-0.3, -0.25) is 0 Å². The van der Waals surface area contributed by atoms with E-state index in [1.807, 2.05) is 13.0 Å². The molecule has 4 heteroatoms. The van der Waals surface area contributed by atoms with Crippen LogP contribution in [0.5, 0.6) is 5.75 Å². The number of ether oxygens (including phenoxy) is 1. The van der Waals surface area contributed by atoms with E-state index < -0.39 is 17.5 Å². The molecule has 0 bridgehead atoms. The summed E-state index contributed by atoms with van der Waals surface area (Å²) in [5, 5.41) is 0. The summed E-state index contributed by atoms with van der Waals surface area (Å²) in [4.78, 5) is 0.